The third-order valence-corrected chi connectivity index (χ3v) is 6.82. The Kier molecular flexibility index (Phi) is 4.71. The summed E-state index contributed by atoms with van der Waals surface area (Å²) in [4.78, 5) is 30.9. The number of fused-ring (bicyclic) bond motifs is 1. The number of piperazine rings is 1. The quantitative estimate of drug-likeness (QED) is 0.643. The van der Waals surface area contributed by atoms with E-state index in [0.29, 0.717) is 49.2 Å². The predicted octanol–water partition coefficient (Wildman–Crippen LogP) is -0.623. The summed E-state index contributed by atoms with van der Waals surface area (Å²) >= 11 is 1.41. The molecule has 1 atom stereocenters. The molecule has 0 spiro atoms. The van der Waals surface area contributed by atoms with Crippen LogP contribution in [0.15, 0.2) is 16.1 Å². The number of hydrogen-bond donors (Lipinski definition) is 0. The molecule has 0 N–H and O–H groups in total. The van der Waals surface area contributed by atoms with Crippen molar-refractivity contribution >= 4 is 27.7 Å². The fourth-order valence-electron chi connectivity index (χ4n) is 2.95. The topological polar surface area (TPSA) is 92.6 Å². The van der Waals surface area contributed by atoms with Crippen molar-refractivity contribution in [2.24, 2.45) is 5.92 Å². The van der Waals surface area contributed by atoms with Gasteiger partial charge in [0.2, 0.25) is 15.9 Å². The summed E-state index contributed by atoms with van der Waals surface area (Å²) in [5, 5.41) is 0.650. The van der Waals surface area contributed by atoms with Gasteiger partial charge in [0.15, 0.2) is 5.16 Å². The van der Waals surface area contributed by atoms with Crippen LogP contribution in [0.5, 0.6) is 0 Å². The van der Waals surface area contributed by atoms with E-state index in [2.05, 4.69) is 4.98 Å². The molecule has 132 valence electrons. The standard InChI is InChI=1S/C14H20N4O4S2/c1-10-7-15-14-18(12(10)19)8-11(9-23-14)13(20)16-3-5-17(6-4-16)24(2,21)22/h7,11H,3-6,8-9H2,1-2H3/t11-/m0/s1. The van der Waals surface area contributed by atoms with Crippen molar-refractivity contribution in [3.8, 4) is 0 Å². The molecular weight excluding hydrogens is 352 g/mol. The Bertz CT molecular complexity index is 813. The minimum Gasteiger partial charge on any atom is -0.340 e. The number of carbonyl (C=O) groups excluding carboxylic acids is 1. The summed E-state index contributed by atoms with van der Waals surface area (Å²) in [5.74, 6) is 0.281. The van der Waals surface area contributed by atoms with Crippen LogP contribution in [0.4, 0.5) is 0 Å². The second-order valence-electron chi connectivity index (χ2n) is 6.13. The first-order chi connectivity index (χ1) is 11.3. The summed E-state index contributed by atoms with van der Waals surface area (Å²) in [7, 11) is -3.21. The van der Waals surface area contributed by atoms with Gasteiger partial charge in [-0.15, -0.1) is 0 Å². The fraction of sp³-hybridized carbons (Fsp3) is 0.643. The van der Waals surface area contributed by atoms with E-state index in [1.54, 1.807) is 22.6 Å². The minimum absolute atomic E-state index is 0.0188. The SMILES string of the molecule is Cc1cnc2n(c1=O)C[C@H](C(=O)N1CCN(S(C)(=O)=O)CC1)CS2. The maximum atomic E-state index is 12.7. The fourth-order valence-corrected chi connectivity index (χ4v) is 4.81. The molecule has 0 radical (unpaired) electrons. The van der Waals surface area contributed by atoms with Crippen molar-refractivity contribution in [3.05, 3.63) is 22.1 Å². The summed E-state index contributed by atoms with van der Waals surface area (Å²) in [6.45, 7) is 3.47. The highest BCUT2D eigenvalue weighted by Gasteiger charge is 2.33. The number of aryl methyl sites for hydroxylation is 1. The van der Waals surface area contributed by atoms with Gasteiger partial charge in [-0.3, -0.25) is 14.2 Å². The van der Waals surface area contributed by atoms with E-state index in [1.165, 1.54) is 22.3 Å². The summed E-state index contributed by atoms with van der Waals surface area (Å²) < 4.78 is 26.0. The van der Waals surface area contributed by atoms with E-state index in [1.807, 2.05) is 0 Å². The third kappa shape index (κ3) is 3.35. The van der Waals surface area contributed by atoms with Crippen molar-refractivity contribution in [3.63, 3.8) is 0 Å². The lowest BCUT2D eigenvalue weighted by atomic mass is 10.1. The molecular formula is C14H20N4O4S2. The minimum atomic E-state index is -3.21. The molecule has 1 fully saturated rings. The Balaban J connectivity index is 1.69. The molecule has 1 aromatic heterocycles. The zero-order chi connectivity index (χ0) is 17.5. The molecule has 0 saturated carbocycles. The van der Waals surface area contributed by atoms with Gasteiger partial charge in [0, 0.05) is 50.2 Å². The summed E-state index contributed by atoms with van der Waals surface area (Å²) in [6, 6.07) is 0. The first-order valence-electron chi connectivity index (χ1n) is 7.70. The third-order valence-electron chi connectivity index (χ3n) is 4.37. The molecule has 0 aliphatic carbocycles. The molecule has 1 aromatic rings. The smallest absolute Gasteiger partial charge is 0.257 e. The second kappa shape index (κ2) is 6.49. The van der Waals surface area contributed by atoms with Crippen molar-refractivity contribution < 1.29 is 13.2 Å². The number of thioether (sulfide) groups is 1. The number of aromatic nitrogens is 2. The van der Waals surface area contributed by atoms with Crippen LogP contribution in [-0.2, 0) is 21.4 Å². The predicted molar refractivity (Wildman–Crippen MR) is 90.4 cm³/mol. The lowest BCUT2D eigenvalue weighted by Crippen LogP contribution is -2.53. The molecule has 0 bridgehead atoms. The molecule has 3 heterocycles. The molecule has 10 heteroatoms. The number of amides is 1. The van der Waals surface area contributed by atoms with Crippen molar-refractivity contribution in [1.29, 1.82) is 0 Å². The zero-order valence-corrected chi connectivity index (χ0v) is 15.3. The van der Waals surface area contributed by atoms with Gasteiger partial charge in [-0.2, -0.15) is 4.31 Å². The maximum Gasteiger partial charge on any atom is 0.257 e. The largest absolute Gasteiger partial charge is 0.340 e. The lowest BCUT2D eigenvalue weighted by molar-refractivity contribution is -0.136. The first kappa shape index (κ1) is 17.4. The average Bonchev–Trinajstić information content (AvgIpc) is 2.57. The maximum absolute atomic E-state index is 12.7. The lowest BCUT2D eigenvalue weighted by Gasteiger charge is -2.36. The monoisotopic (exact) mass is 372 g/mol. The van der Waals surface area contributed by atoms with Gasteiger partial charge in [-0.1, -0.05) is 11.8 Å². The van der Waals surface area contributed by atoms with E-state index in [-0.39, 0.29) is 17.4 Å². The van der Waals surface area contributed by atoms with Crippen LogP contribution in [0, 0.1) is 12.8 Å². The number of nitrogens with zero attached hydrogens (tertiary/aromatic N) is 4. The van der Waals surface area contributed by atoms with Crippen LogP contribution in [0.25, 0.3) is 0 Å². The number of hydrogen-bond acceptors (Lipinski definition) is 6. The Morgan fingerprint density at radius 3 is 2.58 bits per heavy atom. The Morgan fingerprint density at radius 2 is 1.96 bits per heavy atom. The van der Waals surface area contributed by atoms with E-state index >= 15 is 0 Å². The zero-order valence-electron chi connectivity index (χ0n) is 13.6. The summed E-state index contributed by atoms with van der Waals surface area (Å²) in [6.07, 6.45) is 2.74. The van der Waals surface area contributed by atoms with E-state index in [0.717, 1.165) is 0 Å². The van der Waals surface area contributed by atoms with Crippen LogP contribution in [0.1, 0.15) is 5.56 Å². The first-order valence-corrected chi connectivity index (χ1v) is 10.5. The van der Waals surface area contributed by atoms with Crippen LogP contribution in [0.2, 0.25) is 0 Å². The average molecular weight is 372 g/mol. The van der Waals surface area contributed by atoms with Gasteiger partial charge in [-0.05, 0) is 6.92 Å². The van der Waals surface area contributed by atoms with Gasteiger partial charge in [0.25, 0.3) is 5.56 Å². The highest BCUT2D eigenvalue weighted by atomic mass is 32.2. The van der Waals surface area contributed by atoms with Gasteiger partial charge in [0.05, 0.1) is 12.2 Å². The Hall–Kier alpha value is -1.39. The molecule has 0 unspecified atom stereocenters. The van der Waals surface area contributed by atoms with E-state index in [9.17, 15) is 18.0 Å². The van der Waals surface area contributed by atoms with Gasteiger partial charge in [0.1, 0.15) is 0 Å². The molecule has 2 aliphatic heterocycles. The highest BCUT2D eigenvalue weighted by molar-refractivity contribution is 7.99. The van der Waals surface area contributed by atoms with Gasteiger partial charge < -0.3 is 4.90 Å². The molecule has 1 saturated heterocycles. The Morgan fingerprint density at radius 1 is 1.29 bits per heavy atom. The van der Waals surface area contributed by atoms with E-state index < -0.39 is 10.0 Å². The van der Waals surface area contributed by atoms with Crippen molar-refractivity contribution in [2.45, 2.75) is 18.6 Å². The van der Waals surface area contributed by atoms with Crippen LogP contribution < -0.4 is 5.56 Å². The van der Waals surface area contributed by atoms with Crippen molar-refractivity contribution in [1.82, 2.24) is 18.8 Å². The van der Waals surface area contributed by atoms with Gasteiger partial charge in [-0.25, -0.2) is 13.4 Å². The molecule has 0 aromatic carbocycles. The van der Waals surface area contributed by atoms with Crippen LogP contribution in [-0.4, -0.2) is 71.3 Å². The Labute approximate surface area is 144 Å². The van der Waals surface area contributed by atoms with Crippen LogP contribution in [0.3, 0.4) is 0 Å². The number of rotatable bonds is 2. The molecule has 8 nitrogen and oxygen atoms in total. The van der Waals surface area contributed by atoms with E-state index in [4.69, 9.17) is 0 Å². The normalized spacial score (nSPS) is 22.2. The molecule has 24 heavy (non-hydrogen) atoms. The number of carbonyl (C=O) groups is 1. The van der Waals surface area contributed by atoms with Gasteiger partial charge >= 0.3 is 0 Å². The molecule has 2 aliphatic rings. The summed E-state index contributed by atoms with van der Waals surface area (Å²) in [5.41, 5.74) is 0.459. The van der Waals surface area contributed by atoms with Crippen molar-refractivity contribution in [2.75, 3.05) is 38.2 Å². The number of sulfonamides is 1. The molecule has 3 rings (SSSR count). The van der Waals surface area contributed by atoms with Crippen LogP contribution >= 0.6 is 11.8 Å². The molecule has 1 amide bonds. The highest BCUT2D eigenvalue weighted by Crippen LogP contribution is 2.26. The second-order valence-corrected chi connectivity index (χ2v) is 9.10.